The Morgan fingerprint density at radius 1 is 1.03 bits per heavy atom. The predicted octanol–water partition coefficient (Wildman–Crippen LogP) is 2.91. The summed E-state index contributed by atoms with van der Waals surface area (Å²) in [7, 11) is 0. The Kier molecular flexibility index (Phi) is 6.30. The van der Waals surface area contributed by atoms with Crippen LogP contribution in [0.4, 0.5) is 5.69 Å². The number of para-hydroxylation sites is 1. The number of hydrogen-bond donors (Lipinski definition) is 1. The smallest absolute Gasteiger partial charge is 0.326 e. The standard InChI is InChI=1S/C23H24N2O5/c1-14(2)17-9-6-7-11-19(17)24-22(28)15(3)30-21(27)13-25-20(26)12-16-8-4-5-10-18(16)23(25)29/h4-11,14-15H,12-13H2,1-3H3,(H,24,28)/t15-/m0/s1. The monoisotopic (exact) mass is 408 g/mol. The highest BCUT2D eigenvalue weighted by molar-refractivity contribution is 6.11. The van der Waals surface area contributed by atoms with Crippen molar-refractivity contribution in [3.8, 4) is 0 Å². The summed E-state index contributed by atoms with van der Waals surface area (Å²) < 4.78 is 5.18. The molecule has 1 aliphatic rings. The van der Waals surface area contributed by atoms with E-state index in [1.807, 2.05) is 32.0 Å². The van der Waals surface area contributed by atoms with Gasteiger partial charge in [-0.25, -0.2) is 0 Å². The molecule has 30 heavy (non-hydrogen) atoms. The fraction of sp³-hybridized carbons (Fsp3) is 0.304. The molecule has 0 bridgehead atoms. The van der Waals surface area contributed by atoms with Crippen LogP contribution in [-0.2, 0) is 25.5 Å². The summed E-state index contributed by atoms with van der Waals surface area (Å²) in [5, 5.41) is 2.77. The molecule has 7 heteroatoms. The van der Waals surface area contributed by atoms with E-state index in [4.69, 9.17) is 4.74 Å². The van der Waals surface area contributed by atoms with Crippen molar-refractivity contribution in [1.82, 2.24) is 4.90 Å². The van der Waals surface area contributed by atoms with Crippen LogP contribution in [0, 0.1) is 0 Å². The van der Waals surface area contributed by atoms with Gasteiger partial charge in [0.15, 0.2) is 6.10 Å². The summed E-state index contributed by atoms with van der Waals surface area (Å²) in [6.45, 7) is 4.94. The molecule has 3 rings (SSSR count). The topological polar surface area (TPSA) is 92.8 Å². The van der Waals surface area contributed by atoms with Gasteiger partial charge in [-0.05, 0) is 36.1 Å². The van der Waals surface area contributed by atoms with Gasteiger partial charge in [0.05, 0.1) is 6.42 Å². The fourth-order valence-corrected chi connectivity index (χ4v) is 3.33. The molecule has 0 unspecified atom stereocenters. The quantitative estimate of drug-likeness (QED) is 0.586. The third-order valence-electron chi connectivity index (χ3n) is 4.94. The lowest BCUT2D eigenvalue weighted by Gasteiger charge is -2.26. The number of rotatable bonds is 6. The SMILES string of the molecule is CC(C)c1ccccc1NC(=O)[C@H](C)OC(=O)CN1C(=O)Cc2ccccc2C1=O. The fourth-order valence-electron chi connectivity index (χ4n) is 3.33. The molecule has 0 saturated heterocycles. The number of benzene rings is 2. The van der Waals surface area contributed by atoms with E-state index in [0.717, 1.165) is 10.5 Å². The molecule has 1 N–H and O–H groups in total. The third kappa shape index (κ3) is 4.56. The summed E-state index contributed by atoms with van der Waals surface area (Å²) >= 11 is 0. The number of anilines is 1. The van der Waals surface area contributed by atoms with Crippen LogP contribution in [0.1, 0.15) is 48.2 Å². The first-order valence-electron chi connectivity index (χ1n) is 9.79. The van der Waals surface area contributed by atoms with E-state index < -0.39 is 36.3 Å². The van der Waals surface area contributed by atoms with Crippen molar-refractivity contribution in [2.45, 2.75) is 39.2 Å². The second kappa shape index (κ2) is 8.90. The zero-order chi connectivity index (χ0) is 21.8. The highest BCUT2D eigenvalue weighted by Crippen LogP contribution is 2.24. The number of fused-ring (bicyclic) bond motifs is 1. The van der Waals surface area contributed by atoms with Crippen LogP contribution in [0.25, 0.3) is 0 Å². The van der Waals surface area contributed by atoms with Gasteiger partial charge in [-0.2, -0.15) is 0 Å². The molecule has 0 aliphatic carbocycles. The zero-order valence-corrected chi connectivity index (χ0v) is 17.2. The van der Waals surface area contributed by atoms with Gasteiger partial charge in [0.1, 0.15) is 6.54 Å². The molecule has 0 fully saturated rings. The highest BCUT2D eigenvalue weighted by Gasteiger charge is 2.33. The van der Waals surface area contributed by atoms with Crippen molar-refractivity contribution in [3.05, 3.63) is 65.2 Å². The molecular weight excluding hydrogens is 384 g/mol. The van der Waals surface area contributed by atoms with E-state index in [-0.39, 0.29) is 12.3 Å². The molecule has 1 heterocycles. The van der Waals surface area contributed by atoms with Gasteiger partial charge >= 0.3 is 5.97 Å². The van der Waals surface area contributed by atoms with Crippen LogP contribution < -0.4 is 5.32 Å². The largest absolute Gasteiger partial charge is 0.451 e. The summed E-state index contributed by atoms with van der Waals surface area (Å²) in [5.74, 6) is -2.12. The van der Waals surface area contributed by atoms with Crippen LogP contribution in [0.2, 0.25) is 0 Å². The third-order valence-corrected chi connectivity index (χ3v) is 4.94. The van der Waals surface area contributed by atoms with E-state index in [9.17, 15) is 19.2 Å². The van der Waals surface area contributed by atoms with E-state index >= 15 is 0 Å². The van der Waals surface area contributed by atoms with Crippen molar-refractivity contribution in [3.63, 3.8) is 0 Å². The number of amides is 3. The minimum atomic E-state index is -1.08. The molecule has 156 valence electrons. The Balaban J connectivity index is 1.62. The van der Waals surface area contributed by atoms with Crippen LogP contribution in [-0.4, -0.2) is 41.2 Å². The molecule has 0 radical (unpaired) electrons. The number of esters is 1. The molecule has 0 saturated carbocycles. The number of ether oxygens (including phenoxy) is 1. The Hall–Kier alpha value is -3.48. The Labute approximate surface area is 175 Å². The van der Waals surface area contributed by atoms with Crippen LogP contribution in [0.15, 0.2) is 48.5 Å². The van der Waals surface area contributed by atoms with Gasteiger partial charge in [0.25, 0.3) is 11.8 Å². The number of imide groups is 1. The lowest BCUT2D eigenvalue weighted by atomic mass is 9.98. The maximum atomic E-state index is 12.5. The maximum Gasteiger partial charge on any atom is 0.326 e. The first-order valence-corrected chi connectivity index (χ1v) is 9.79. The number of nitrogens with zero attached hydrogens (tertiary/aromatic N) is 1. The van der Waals surface area contributed by atoms with Gasteiger partial charge in [0.2, 0.25) is 5.91 Å². The zero-order valence-electron chi connectivity index (χ0n) is 17.2. The van der Waals surface area contributed by atoms with Crippen molar-refractivity contribution in [1.29, 1.82) is 0 Å². The van der Waals surface area contributed by atoms with Crippen LogP contribution in [0.3, 0.4) is 0 Å². The molecule has 1 atom stereocenters. The van der Waals surface area contributed by atoms with E-state index in [1.54, 1.807) is 30.3 Å². The highest BCUT2D eigenvalue weighted by atomic mass is 16.5. The predicted molar refractivity (Wildman–Crippen MR) is 111 cm³/mol. The summed E-state index contributed by atoms with van der Waals surface area (Å²) in [5.41, 5.74) is 2.64. The summed E-state index contributed by atoms with van der Waals surface area (Å²) in [6.07, 6.45) is -1.04. The molecule has 2 aromatic carbocycles. The summed E-state index contributed by atoms with van der Waals surface area (Å²) in [6, 6.07) is 14.2. The second-order valence-electron chi connectivity index (χ2n) is 7.48. The van der Waals surface area contributed by atoms with Gasteiger partial charge in [0, 0.05) is 11.3 Å². The maximum absolute atomic E-state index is 12.5. The van der Waals surface area contributed by atoms with Gasteiger partial charge in [-0.15, -0.1) is 0 Å². The van der Waals surface area contributed by atoms with Crippen molar-refractivity contribution < 1.29 is 23.9 Å². The molecule has 2 aromatic rings. The minimum absolute atomic E-state index is 0.0389. The second-order valence-corrected chi connectivity index (χ2v) is 7.48. The van der Waals surface area contributed by atoms with E-state index in [1.165, 1.54) is 6.92 Å². The molecular formula is C23H24N2O5. The van der Waals surface area contributed by atoms with Crippen LogP contribution >= 0.6 is 0 Å². The van der Waals surface area contributed by atoms with Crippen molar-refractivity contribution in [2.24, 2.45) is 0 Å². The van der Waals surface area contributed by atoms with E-state index in [2.05, 4.69) is 5.32 Å². The molecule has 7 nitrogen and oxygen atoms in total. The average Bonchev–Trinajstić information content (AvgIpc) is 2.71. The minimum Gasteiger partial charge on any atom is -0.451 e. The number of carbonyl (C=O) groups is 4. The average molecular weight is 408 g/mol. The number of carbonyl (C=O) groups excluding carboxylic acids is 4. The first kappa shape index (κ1) is 21.2. The van der Waals surface area contributed by atoms with Crippen LogP contribution in [0.5, 0.6) is 0 Å². The normalized spacial score (nSPS) is 14.3. The van der Waals surface area contributed by atoms with Gasteiger partial charge < -0.3 is 10.1 Å². The number of nitrogens with one attached hydrogen (secondary N) is 1. The lowest BCUT2D eigenvalue weighted by molar-refractivity contribution is -0.155. The van der Waals surface area contributed by atoms with Gasteiger partial charge in [-0.1, -0.05) is 50.2 Å². The Bertz CT molecular complexity index is 999. The molecule has 1 aliphatic heterocycles. The van der Waals surface area contributed by atoms with Crippen molar-refractivity contribution in [2.75, 3.05) is 11.9 Å². The van der Waals surface area contributed by atoms with E-state index in [0.29, 0.717) is 16.8 Å². The summed E-state index contributed by atoms with van der Waals surface area (Å²) in [4.78, 5) is 50.5. The van der Waals surface area contributed by atoms with Gasteiger partial charge in [-0.3, -0.25) is 24.1 Å². The molecule has 0 aromatic heterocycles. The van der Waals surface area contributed by atoms with Crippen molar-refractivity contribution >= 4 is 29.4 Å². The Morgan fingerprint density at radius 2 is 1.70 bits per heavy atom. The first-order chi connectivity index (χ1) is 14.3. The lowest BCUT2D eigenvalue weighted by Crippen LogP contribution is -2.46. The number of hydrogen-bond acceptors (Lipinski definition) is 5. The molecule has 3 amide bonds. The molecule has 0 spiro atoms. The Morgan fingerprint density at radius 3 is 2.43 bits per heavy atom.